The number of nitrogens with two attached hydrogens (primary N) is 2. The maximum Gasteiger partial charge on any atom is 0.306 e. The van der Waals surface area contributed by atoms with Crippen LogP contribution in [-0.2, 0) is 19.1 Å². The Bertz CT molecular complexity index is 368. The summed E-state index contributed by atoms with van der Waals surface area (Å²) >= 11 is 0. The molecule has 0 saturated carbocycles. The van der Waals surface area contributed by atoms with E-state index < -0.39 is 35.5 Å². The van der Waals surface area contributed by atoms with E-state index in [-0.39, 0.29) is 12.8 Å². The molecule has 5 N–H and O–H groups in total. The van der Waals surface area contributed by atoms with Crippen LogP contribution in [-0.4, -0.2) is 35.5 Å². The van der Waals surface area contributed by atoms with E-state index in [2.05, 4.69) is 5.32 Å². The van der Waals surface area contributed by atoms with Crippen LogP contribution in [0, 0.1) is 0 Å². The molecule has 19 heavy (non-hydrogen) atoms. The minimum Gasteiger partial charge on any atom is -0.460 e. The van der Waals surface area contributed by atoms with Crippen LogP contribution < -0.4 is 16.8 Å². The second kappa shape index (κ2) is 7.08. The topological polar surface area (TPSA) is 125 Å². The number of esters is 1. The molecule has 2 atom stereocenters. The number of hydrogen-bond donors (Lipinski definition) is 3. The summed E-state index contributed by atoms with van der Waals surface area (Å²) in [5.41, 5.74) is 6.56. The van der Waals surface area contributed by atoms with E-state index in [9.17, 15) is 14.4 Å². The van der Waals surface area contributed by atoms with Gasteiger partial charge in [-0.25, -0.2) is 0 Å². The molecule has 2 amide bonds. The van der Waals surface area contributed by atoms with Crippen LogP contribution in [0.1, 0.15) is 40.5 Å². The van der Waals surface area contributed by atoms with Crippen molar-refractivity contribution in [2.24, 2.45) is 11.5 Å². The first-order valence-electron chi connectivity index (χ1n) is 6.55. The van der Waals surface area contributed by atoms with Gasteiger partial charge in [-0.1, -0.05) is 0 Å². The molecule has 0 unspecified atom stereocenters. The molecule has 0 spiro atoms. The molecule has 0 radical (unpaired) electrons. The number of amides is 2. The van der Waals surface area contributed by atoms with Crippen LogP contribution >= 0.6 is 0 Å². The molecular weight excluding hydrogens is 250 g/mol. The summed E-state index contributed by atoms with van der Waals surface area (Å²) in [4.78, 5) is 34.3. The highest BCUT2D eigenvalue weighted by atomic mass is 16.6. The minimum atomic E-state index is -0.967. The average Bonchev–Trinajstić information content (AvgIpc) is 2.30. The van der Waals surface area contributed by atoms with E-state index in [0.29, 0.717) is 0 Å². The Labute approximate surface area is 114 Å². The van der Waals surface area contributed by atoms with Gasteiger partial charge in [0.2, 0.25) is 11.8 Å². The summed E-state index contributed by atoms with van der Waals surface area (Å²) in [5.74, 6) is -1.74. The molecule has 0 aliphatic heterocycles. The smallest absolute Gasteiger partial charge is 0.306 e. The van der Waals surface area contributed by atoms with Gasteiger partial charge in [0, 0.05) is 6.42 Å². The zero-order chi connectivity index (χ0) is 15.9. The Morgan fingerprint density at radius 2 is 1.95 bits per heavy atom. The van der Waals surface area contributed by atoms with Gasteiger partial charge in [0.25, 0.3) is 0 Å². The summed E-state index contributed by atoms with van der Waals surface area (Å²) in [7, 11) is 0. The molecule has 0 rings (SSSR count). The highest BCUT2D eigenvalue weighted by Crippen LogP contribution is 2.10. The number of primary amides is 1. The first-order chi connectivity index (χ1) is 9.06. The van der Waals surface area contributed by atoms with Gasteiger partial charge in [-0.15, -0.1) is 0 Å². The van der Waals surface area contributed by atoms with Gasteiger partial charge in [0.1, 0.15) is 13.1 Å². The van der Waals surface area contributed by atoms with Crippen LogP contribution in [0.25, 0.3) is 0 Å². The van der Waals surface area contributed by atoms with Crippen molar-refractivity contribution in [1.29, 1.82) is 0 Å². The Kier molecular flexibility index (Phi) is 5.75. The van der Waals surface area contributed by atoms with Gasteiger partial charge < -0.3 is 21.5 Å². The normalized spacial score (nSPS) is 15.1. The van der Waals surface area contributed by atoms with E-state index in [1.54, 1.807) is 20.8 Å². The average molecular weight is 274 g/mol. The zero-order valence-electron chi connectivity index (χ0n) is 12.8. The second-order valence-corrected chi connectivity index (χ2v) is 5.31. The van der Waals surface area contributed by atoms with E-state index >= 15 is 0 Å². The molecule has 0 heterocycles. The van der Waals surface area contributed by atoms with Crippen LogP contribution in [0.3, 0.4) is 0 Å². The quantitative estimate of drug-likeness (QED) is 0.536. The van der Waals surface area contributed by atoms with Gasteiger partial charge in [0.15, 0.2) is 0 Å². The van der Waals surface area contributed by atoms with Crippen LogP contribution in [0.4, 0.5) is 0 Å². The molecule has 0 aliphatic rings. The van der Waals surface area contributed by atoms with E-state index in [4.69, 9.17) is 11.9 Å². The highest BCUT2D eigenvalue weighted by Gasteiger charge is 2.22. The van der Waals surface area contributed by atoms with Crippen molar-refractivity contribution in [1.82, 2.24) is 5.32 Å². The summed E-state index contributed by atoms with van der Waals surface area (Å²) in [5, 5.41) is 2.38. The Morgan fingerprint density at radius 3 is 2.37 bits per heavy atom. The largest absolute Gasteiger partial charge is 0.460 e. The lowest BCUT2D eigenvalue weighted by atomic mass is 10.1. The van der Waals surface area contributed by atoms with Gasteiger partial charge in [-0.2, -0.15) is 0 Å². The molecule has 0 saturated heterocycles. The van der Waals surface area contributed by atoms with Gasteiger partial charge in [-0.3, -0.25) is 14.4 Å². The second-order valence-electron chi connectivity index (χ2n) is 5.31. The van der Waals surface area contributed by atoms with E-state index in [1.807, 2.05) is 5.73 Å². The van der Waals surface area contributed by atoms with Crippen molar-refractivity contribution in [3.8, 4) is 0 Å². The fourth-order valence-corrected chi connectivity index (χ4v) is 1.24. The highest BCUT2D eigenvalue weighted by molar-refractivity contribution is 5.89. The van der Waals surface area contributed by atoms with Crippen LogP contribution in [0.15, 0.2) is 0 Å². The summed E-state index contributed by atoms with van der Waals surface area (Å²) < 4.78 is 12.0. The van der Waals surface area contributed by atoms with Crippen molar-refractivity contribution in [3.05, 3.63) is 0 Å². The van der Waals surface area contributed by atoms with Crippen LogP contribution in [0.2, 0.25) is 1.41 Å². The summed E-state index contributed by atoms with van der Waals surface area (Å²) in [6.07, 6.45) is 0.0224. The Hall–Kier alpha value is -1.63. The zero-order valence-corrected chi connectivity index (χ0v) is 11.8. The van der Waals surface area contributed by atoms with Crippen molar-refractivity contribution in [3.63, 3.8) is 0 Å². The lowest BCUT2D eigenvalue weighted by Crippen LogP contribution is -2.49. The summed E-state index contributed by atoms with van der Waals surface area (Å²) in [6.45, 7) is 6.67. The number of ether oxygens (including phenoxy) is 1. The number of hydrogen-bond acceptors (Lipinski definition) is 5. The van der Waals surface area contributed by atoms with Gasteiger partial charge in [-0.05, 0) is 34.1 Å². The van der Waals surface area contributed by atoms with E-state index in [0.717, 1.165) is 0 Å². The number of rotatable bonds is 7. The first kappa shape index (κ1) is 15.4. The standard InChI is InChI=1S/C12H23N3O4/c1-7(13)11(18)15-8(10(14)17)5-6-9(16)19-12(2,3)4/h7-8H,5-6,13H2,1-4H3,(H2,14,17)(H,15,18)/t7-,8-/m0/s1/i/hD. The molecule has 110 valence electrons. The molecule has 7 heteroatoms. The van der Waals surface area contributed by atoms with Crippen molar-refractivity contribution >= 4 is 17.8 Å². The predicted molar refractivity (Wildman–Crippen MR) is 69.9 cm³/mol. The number of carbonyl (C=O) groups excluding carboxylic acids is 3. The molecule has 7 nitrogen and oxygen atoms in total. The number of carbonyl (C=O) groups is 3. The van der Waals surface area contributed by atoms with Gasteiger partial charge in [0.05, 0.1) is 6.04 Å². The minimum absolute atomic E-state index is 0.0339. The predicted octanol–water partition coefficient (Wildman–Crippen LogP) is -0.574. The fourth-order valence-electron chi connectivity index (χ4n) is 1.24. The van der Waals surface area contributed by atoms with E-state index in [1.165, 1.54) is 6.92 Å². The molecule has 0 aromatic carbocycles. The van der Waals surface area contributed by atoms with Crippen molar-refractivity contribution in [2.45, 2.75) is 58.2 Å². The van der Waals surface area contributed by atoms with Gasteiger partial charge >= 0.3 is 5.97 Å². The monoisotopic (exact) mass is 274 g/mol. The molecule has 0 aromatic rings. The molecule has 0 bridgehead atoms. The Morgan fingerprint density at radius 1 is 1.37 bits per heavy atom. The van der Waals surface area contributed by atoms with Crippen LogP contribution in [0.5, 0.6) is 0 Å². The SMILES string of the molecule is [2H]N[C@@H](C)C(=O)N[C@@H](CCC(=O)OC(C)(C)C)C(N)=O. The molecule has 0 fully saturated rings. The fraction of sp³-hybridized carbons (Fsp3) is 0.750. The Balaban J connectivity index is 4.40. The summed E-state index contributed by atoms with van der Waals surface area (Å²) in [6, 6.07) is -1.75. The van der Waals surface area contributed by atoms with Crippen molar-refractivity contribution in [2.75, 3.05) is 0 Å². The lowest BCUT2D eigenvalue weighted by molar-refractivity contribution is -0.155. The van der Waals surface area contributed by atoms with Crippen molar-refractivity contribution < 1.29 is 20.5 Å². The molecule has 0 aromatic heterocycles. The lowest BCUT2D eigenvalue weighted by Gasteiger charge is -2.21. The maximum absolute atomic E-state index is 11.5. The number of nitrogens with one attached hydrogen (secondary N) is 1. The third kappa shape index (κ3) is 8.15. The first-order valence-corrected chi connectivity index (χ1v) is 6.05. The molecular formula is C12H23N3O4. The third-order valence-corrected chi connectivity index (χ3v) is 2.11. The molecule has 0 aliphatic carbocycles. The third-order valence-electron chi connectivity index (χ3n) is 2.11. The maximum atomic E-state index is 11.5.